The Hall–Kier alpha value is -1.63. The summed E-state index contributed by atoms with van der Waals surface area (Å²) in [5, 5.41) is 2.85. The molecule has 0 aromatic carbocycles. The molecule has 3 unspecified atom stereocenters. The molecule has 134 valence electrons. The van der Waals surface area contributed by atoms with Gasteiger partial charge in [0.25, 0.3) is 5.91 Å². The first-order valence-corrected chi connectivity index (χ1v) is 8.88. The SMILES string of the molecule is CC1CN(C(=O)C(C)N2C(=O)NC3(CCCC3)C2=O)CC1N(C)C. The van der Waals surface area contributed by atoms with Gasteiger partial charge in [0.1, 0.15) is 11.6 Å². The van der Waals surface area contributed by atoms with Crippen LogP contribution < -0.4 is 5.32 Å². The number of amides is 4. The Balaban J connectivity index is 1.72. The molecule has 1 N–H and O–H groups in total. The molecular weight excluding hydrogens is 308 g/mol. The molecule has 3 atom stereocenters. The average Bonchev–Trinajstić information content (AvgIpc) is 3.19. The summed E-state index contributed by atoms with van der Waals surface area (Å²) in [4.78, 5) is 43.1. The van der Waals surface area contributed by atoms with Crippen molar-refractivity contribution in [2.24, 2.45) is 5.92 Å². The van der Waals surface area contributed by atoms with Crippen LogP contribution in [0.15, 0.2) is 0 Å². The summed E-state index contributed by atoms with van der Waals surface area (Å²) in [7, 11) is 4.03. The highest BCUT2D eigenvalue weighted by molar-refractivity contribution is 6.10. The molecule has 4 amide bonds. The third kappa shape index (κ3) is 2.59. The lowest BCUT2D eigenvalue weighted by Crippen LogP contribution is -2.51. The van der Waals surface area contributed by atoms with Gasteiger partial charge in [-0.3, -0.25) is 9.59 Å². The predicted molar refractivity (Wildman–Crippen MR) is 89.3 cm³/mol. The molecule has 2 saturated heterocycles. The van der Waals surface area contributed by atoms with Crippen molar-refractivity contribution in [3.05, 3.63) is 0 Å². The van der Waals surface area contributed by atoms with Gasteiger partial charge in [0.2, 0.25) is 5.91 Å². The van der Waals surface area contributed by atoms with E-state index >= 15 is 0 Å². The van der Waals surface area contributed by atoms with Crippen LogP contribution in [-0.2, 0) is 9.59 Å². The Labute approximate surface area is 143 Å². The molecule has 2 heterocycles. The highest BCUT2D eigenvalue weighted by Crippen LogP contribution is 2.36. The van der Waals surface area contributed by atoms with Crippen LogP contribution in [0, 0.1) is 5.92 Å². The minimum Gasteiger partial charge on any atom is -0.339 e. The molecule has 7 nitrogen and oxygen atoms in total. The van der Waals surface area contributed by atoms with Crippen LogP contribution in [-0.4, -0.2) is 77.4 Å². The molecule has 1 saturated carbocycles. The molecule has 3 fully saturated rings. The average molecular weight is 336 g/mol. The first kappa shape index (κ1) is 17.2. The van der Waals surface area contributed by atoms with E-state index in [-0.39, 0.29) is 11.8 Å². The normalized spacial score (nSPS) is 30.5. The number of imide groups is 1. The monoisotopic (exact) mass is 336 g/mol. The van der Waals surface area contributed by atoms with E-state index in [2.05, 4.69) is 17.1 Å². The van der Waals surface area contributed by atoms with Crippen molar-refractivity contribution in [3.63, 3.8) is 0 Å². The smallest absolute Gasteiger partial charge is 0.325 e. The van der Waals surface area contributed by atoms with Crippen molar-refractivity contribution in [3.8, 4) is 0 Å². The molecule has 7 heteroatoms. The number of urea groups is 1. The Morgan fingerprint density at radius 2 is 1.88 bits per heavy atom. The van der Waals surface area contributed by atoms with Crippen molar-refractivity contribution in [2.45, 2.75) is 57.2 Å². The molecule has 3 aliphatic rings. The zero-order valence-electron chi connectivity index (χ0n) is 15.0. The van der Waals surface area contributed by atoms with Gasteiger partial charge in [0, 0.05) is 19.1 Å². The van der Waals surface area contributed by atoms with Gasteiger partial charge in [-0.2, -0.15) is 0 Å². The molecule has 3 rings (SSSR count). The number of hydrogen-bond acceptors (Lipinski definition) is 4. The Morgan fingerprint density at radius 3 is 2.42 bits per heavy atom. The van der Waals surface area contributed by atoms with Gasteiger partial charge in [-0.15, -0.1) is 0 Å². The van der Waals surface area contributed by atoms with Crippen molar-refractivity contribution in [2.75, 3.05) is 27.2 Å². The number of likely N-dealkylation sites (tertiary alicyclic amines) is 1. The maximum Gasteiger partial charge on any atom is 0.325 e. The van der Waals surface area contributed by atoms with Gasteiger partial charge in [-0.25, -0.2) is 9.69 Å². The molecule has 24 heavy (non-hydrogen) atoms. The molecule has 0 bridgehead atoms. The lowest BCUT2D eigenvalue weighted by molar-refractivity contribution is -0.142. The first-order chi connectivity index (χ1) is 11.3. The molecule has 0 aromatic heterocycles. The summed E-state index contributed by atoms with van der Waals surface area (Å²) in [6.45, 7) is 5.11. The molecule has 1 aliphatic carbocycles. The maximum atomic E-state index is 12.9. The van der Waals surface area contributed by atoms with Crippen LogP contribution in [0.25, 0.3) is 0 Å². The van der Waals surface area contributed by atoms with Crippen molar-refractivity contribution < 1.29 is 14.4 Å². The third-order valence-electron chi connectivity index (χ3n) is 5.94. The van der Waals surface area contributed by atoms with Crippen LogP contribution in [0.4, 0.5) is 4.79 Å². The quantitative estimate of drug-likeness (QED) is 0.768. The van der Waals surface area contributed by atoms with Crippen LogP contribution >= 0.6 is 0 Å². The number of nitrogens with zero attached hydrogens (tertiary/aromatic N) is 3. The molecule has 1 spiro atoms. The summed E-state index contributed by atoms with van der Waals surface area (Å²) in [6, 6.07) is -0.852. The van der Waals surface area contributed by atoms with E-state index in [1.807, 2.05) is 14.1 Å². The fourth-order valence-electron chi connectivity index (χ4n) is 4.49. The zero-order chi connectivity index (χ0) is 17.6. The second-order valence-corrected chi connectivity index (χ2v) is 7.82. The third-order valence-corrected chi connectivity index (χ3v) is 5.94. The number of carbonyl (C=O) groups excluding carboxylic acids is 3. The number of rotatable bonds is 3. The minimum atomic E-state index is -0.754. The fraction of sp³-hybridized carbons (Fsp3) is 0.824. The summed E-state index contributed by atoms with van der Waals surface area (Å²) in [5.41, 5.74) is -0.754. The highest BCUT2D eigenvalue weighted by Gasteiger charge is 2.55. The molecule has 0 aromatic rings. The van der Waals surface area contributed by atoms with E-state index in [4.69, 9.17) is 0 Å². The van der Waals surface area contributed by atoms with Gasteiger partial charge < -0.3 is 15.1 Å². The topological polar surface area (TPSA) is 73.0 Å². The van der Waals surface area contributed by atoms with E-state index in [9.17, 15) is 14.4 Å². The van der Waals surface area contributed by atoms with Gasteiger partial charge in [0.05, 0.1) is 0 Å². The minimum absolute atomic E-state index is 0.134. The van der Waals surface area contributed by atoms with Gasteiger partial charge in [-0.05, 0) is 39.8 Å². The standard InChI is InChI=1S/C17H28N4O3/c1-11-9-20(10-13(11)19(3)4)14(22)12(2)21-15(23)17(18-16(21)24)7-5-6-8-17/h11-13H,5-10H2,1-4H3,(H,18,24). The van der Waals surface area contributed by atoms with E-state index in [1.165, 1.54) is 0 Å². The fourth-order valence-corrected chi connectivity index (χ4v) is 4.49. The lowest BCUT2D eigenvalue weighted by Gasteiger charge is -2.27. The van der Waals surface area contributed by atoms with Gasteiger partial charge >= 0.3 is 6.03 Å². The van der Waals surface area contributed by atoms with Crippen LogP contribution in [0.1, 0.15) is 39.5 Å². The number of hydrogen-bond donors (Lipinski definition) is 1. The first-order valence-electron chi connectivity index (χ1n) is 8.88. The van der Waals surface area contributed by atoms with Gasteiger partial charge in [-0.1, -0.05) is 19.8 Å². The number of carbonyl (C=O) groups is 3. The van der Waals surface area contributed by atoms with Crippen molar-refractivity contribution >= 4 is 17.8 Å². The summed E-state index contributed by atoms with van der Waals surface area (Å²) < 4.78 is 0. The highest BCUT2D eigenvalue weighted by atomic mass is 16.2. The van der Waals surface area contributed by atoms with E-state index < -0.39 is 17.6 Å². The number of nitrogens with one attached hydrogen (secondary N) is 1. The second kappa shape index (κ2) is 6.02. The van der Waals surface area contributed by atoms with Crippen LogP contribution in [0.5, 0.6) is 0 Å². The van der Waals surface area contributed by atoms with Crippen LogP contribution in [0.2, 0.25) is 0 Å². The predicted octanol–water partition coefficient (Wildman–Crippen LogP) is 0.648. The number of likely N-dealkylation sites (N-methyl/N-ethyl adjacent to an activating group) is 1. The lowest BCUT2D eigenvalue weighted by atomic mass is 9.97. The summed E-state index contributed by atoms with van der Waals surface area (Å²) >= 11 is 0. The summed E-state index contributed by atoms with van der Waals surface area (Å²) in [5.74, 6) is 0.0208. The largest absolute Gasteiger partial charge is 0.339 e. The maximum absolute atomic E-state index is 12.9. The van der Waals surface area contributed by atoms with Crippen molar-refractivity contribution in [1.29, 1.82) is 0 Å². The summed E-state index contributed by atoms with van der Waals surface area (Å²) in [6.07, 6.45) is 3.24. The zero-order valence-corrected chi connectivity index (χ0v) is 15.0. The second-order valence-electron chi connectivity index (χ2n) is 7.82. The van der Waals surface area contributed by atoms with E-state index in [1.54, 1.807) is 11.8 Å². The molecular formula is C17H28N4O3. The van der Waals surface area contributed by atoms with Gasteiger partial charge in [0.15, 0.2) is 0 Å². The van der Waals surface area contributed by atoms with E-state index in [0.29, 0.717) is 37.9 Å². The van der Waals surface area contributed by atoms with Crippen molar-refractivity contribution in [1.82, 2.24) is 20.0 Å². The molecule has 0 radical (unpaired) electrons. The molecule has 2 aliphatic heterocycles. The van der Waals surface area contributed by atoms with Crippen LogP contribution in [0.3, 0.4) is 0 Å². The Kier molecular flexibility index (Phi) is 4.32. The van der Waals surface area contributed by atoms with E-state index in [0.717, 1.165) is 17.7 Å². The Morgan fingerprint density at radius 1 is 1.25 bits per heavy atom. The Bertz CT molecular complexity index is 556.